The average molecular weight is 632 g/mol. The molecular formula is C28H28Cl3F3N4O3. The lowest BCUT2D eigenvalue weighted by atomic mass is 9.85. The minimum Gasteiger partial charge on any atom is -0.464 e. The number of alkyl halides is 3. The molecular weight excluding hydrogens is 604 g/mol. The predicted octanol–water partition coefficient (Wildman–Crippen LogP) is 7.30. The summed E-state index contributed by atoms with van der Waals surface area (Å²) in [5, 5.41) is 3.34. The predicted molar refractivity (Wildman–Crippen MR) is 151 cm³/mol. The molecule has 3 aromatic rings. The molecule has 0 radical (unpaired) electrons. The molecule has 1 amide bonds. The number of hydrogen-bond acceptors (Lipinski definition) is 6. The Labute approximate surface area is 250 Å². The first-order valence-corrected chi connectivity index (χ1v) is 14.1. The molecule has 7 nitrogen and oxygen atoms in total. The SMILES string of the molecule is CC(Oc1cccc(Cl)n1)(c1ccc(OC(F)(F)F)cc1)C(CCN1CCCCC1)NC(=O)c1c(Cl)cncc1Cl. The number of ether oxygens (including phenoxy) is 2. The third-order valence-electron chi connectivity index (χ3n) is 6.90. The Morgan fingerprint density at radius 3 is 2.27 bits per heavy atom. The quantitative estimate of drug-likeness (QED) is 0.237. The Bertz CT molecular complexity index is 1320. The summed E-state index contributed by atoms with van der Waals surface area (Å²) in [5.74, 6) is -0.793. The van der Waals surface area contributed by atoms with Gasteiger partial charge in [-0.1, -0.05) is 59.4 Å². The van der Waals surface area contributed by atoms with Crippen molar-refractivity contribution in [1.29, 1.82) is 0 Å². The summed E-state index contributed by atoms with van der Waals surface area (Å²) < 4.78 is 49.0. The highest BCUT2D eigenvalue weighted by molar-refractivity contribution is 6.39. The second kappa shape index (κ2) is 13.5. The summed E-state index contributed by atoms with van der Waals surface area (Å²) in [4.78, 5) is 24.0. The van der Waals surface area contributed by atoms with Crippen molar-refractivity contribution in [1.82, 2.24) is 20.2 Å². The molecule has 0 bridgehead atoms. The number of piperidine rings is 1. The van der Waals surface area contributed by atoms with Crippen LogP contribution in [-0.2, 0) is 5.60 Å². The summed E-state index contributed by atoms with van der Waals surface area (Å²) in [7, 11) is 0. The average Bonchev–Trinajstić information content (AvgIpc) is 2.91. The number of likely N-dealkylation sites (tertiary alicyclic amines) is 1. The second-order valence-corrected chi connectivity index (χ2v) is 11.0. The molecule has 220 valence electrons. The molecule has 2 unspecified atom stereocenters. The molecule has 1 saturated heterocycles. The second-order valence-electron chi connectivity index (χ2n) is 9.78. The fraction of sp³-hybridized carbons (Fsp3) is 0.393. The van der Waals surface area contributed by atoms with Crippen LogP contribution in [0.2, 0.25) is 15.2 Å². The minimum absolute atomic E-state index is 0.0449. The van der Waals surface area contributed by atoms with Crippen molar-refractivity contribution in [3.05, 3.63) is 81.2 Å². The van der Waals surface area contributed by atoms with Gasteiger partial charge in [-0.05, 0) is 63.0 Å². The fourth-order valence-electron chi connectivity index (χ4n) is 4.82. The highest BCUT2D eigenvalue weighted by atomic mass is 35.5. The van der Waals surface area contributed by atoms with Crippen molar-refractivity contribution in [2.24, 2.45) is 0 Å². The van der Waals surface area contributed by atoms with Crippen molar-refractivity contribution in [3.63, 3.8) is 0 Å². The fourth-order valence-corrected chi connectivity index (χ4v) is 5.51. The van der Waals surface area contributed by atoms with Crippen molar-refractivity contribution in [2.75, 3.05) is 19.6 Å². The van der Waals surface area contributed by atoms with Gasteiger partial charge in [0.05, 0.1) is 21.7 Å². The Kier molecular flexibility index (Phi) is 10.2. The van der Waals surface area contributed by atoms with Crippen LogP contribution in [0.3, 0.4) is 0 Å². The van der Waals surface area contributed by atoms with Gasteiger partial charge in [0.15, 0.2) is 5.60 Å². The molecule has 0 saturated carbocycles. The normalized spacial score (nSPS) is 16.5. The van der Waals surface area contributed by atoms with Gasteiger partial charge in [-0.15, -0.1) is 13.2 Å². The van der Waals surface area contributed by atoms with E-state index in [1.807, 2.05) is 0 Å². The van der Waals surface area contributed by atoms with E-state index in [1.165, 1.54) is 36.7 Å². The van der Waals surface area contributed by atoms with Crippen LogP contribution in [0.5, 0.6) is 11.6 Å². The Morgan fingerprint density at radius 2 is 1.66 bits per heavy atom. The Morgan fingerprint density at radius 1 is 1.00 bits per heavy atom. The van der Waals surface area contributed by atoms with Crippen molar-refractivity contribution in [2.45, 2.75) is 50.6 Å². The van der Waals surface area contributed by atoms with Crippen molar-refractivity contribution in [3.8, 4) is 11.6 Å². The first-order chi connectivity index (χ1) is 19.4. The largest absolute Gasteiger partial charge is 0.573 e. The summed E-state index contributed by atoms with van der Waals surface area (Å²) in [6, 6.07) is 9.40. The molecule has 3 heterocycles. The minimum atomic E-state index is -4.85. The number of halogens is 6. The molecule has 0 aliphatic carbocycles. The van der Waals surface area contributed by atoms with E-state index < -0.39 is 29.7 Å². The molecule has 1 aliphatic heterocycles. The number of nitrogens with zero attached hydrogens (tertiary/aromatic N) is 3. The van der Waals surface area contributed by atoms with E-state index in [9.17, 15) is 18.0 Å². The summed E-state index contributed by atoms with van der Waals surface area (Å²) in [6.07, 6.45) is 1.50. The Balaban J connectivity index is 1.74. The van der Waals surface area contributed by atoms with E-state index in [4.69, 9.17) is 39.5 Å². The van der Waals surface area contributed by atoms with Crippen LogP contribution >= 0.6 is 34.8 Å². The van der Waals surface area contributed by atoms with Gasteiger partial charge in [0, 0.05) is 25.0 Å². The lowest BCUT2D eigenvalue weighted by Crippen LogP contribution is -2.54. The van der Waals surface area contributed by atoms with Crippen LogP contribution in [0.4, 0.5) is 13.2 Å². The molecule has 13 heteroatoms. The zero-order valence-electron chi connectivity index (χ0n) is 22.1. The van der Waals surface area contributed by atoms with Gasteiger partial charge >= 0.3 is 6.36 Å². The molecule has 0 spiro atoms. The van der Waals surface area contributed by atoms with E-state index in [0.29, 0.717) is 18.5 Å². The van der Waals surface area contributed by atoms with Gasteiger partial charge in [-0.3, -0.25) is 9.78 Å². The summed E-state index contributed by atoms with van der Waals surface area (Å²) in [6.45, 7) is 4.19. The van der Waals surface area contributed by atoms with E-state index in [2.05, 4.69) is 24.9 Å². The van der Waals surface area contributed by atoms with Gasteiger partial charge < -0.3 is 19.7 Å². The molecule has 2 aromatic heterocycles. The maximum Gasteiger partial charge on any atom is 0.573 e. The van der Waals surface area contributed by atoms with Gasteiger partial charge in [-0.25, -0.2) is 4.98 Å². The molecule has 1 aromatic carbocycles. The van der Waals surface area contributed by atoms with Crippen molar-refractivity contribution >= 4 is 40.7 Å². The first kappa shape index (κ1) is 31.2. The number of pyridine rings is 2. The van der Waals surface area contributed by atoms with Crippen LogP contribution in [0.25, 0.3) is 0 Å². The number of carbonyl (C=O) groups excluding carboxylic acids is 1. The van der Waals surface area contributed by atoms with Crippen LogP contribution < -0.4 is 14.8 Å². The van der Waals surface area contributed by atoms with E-state index >= 15 is 0 Å². The summed E-state index contributed by atoms with van der Waals surface area (Å²) in [5.41, 5.74) is -0.834. The topological polar surface area (TPSA) is 76.6 Å². The van der Waals surface area contributed by atoms with E-state index in [1.54, 1.807) is 25.1 Å². The summed E-state index contributed by atoms with van der Waals surface area (Å²) >= 11 is 18.7. The van der Waals surface area contributed by atoms with Crippen LogP contribution in [-0.4, -0.2) is 52.8 Å². The van der Waals surface area contributed by atoms with E-state index in [0.717, 1.165) is 32.4 Å². The molecule has 1 aliphatic rings. The number of benzene rings is 1. The lowest BCUT2D eigenvalue weighted by molar-refractivity contribution is -0.274. The standard InChI is InChI=1S/C28H28Cl3F3N4O3/c1-27(41-24-7-5-6-23(31)37-24,18-8-10-19(11-9-18)40-28(32,33)34)22(12-15-38-13-3-2-4-14-38)36-26(39)25-20(29)16-35-17-21(25)30/h5-11,16-17,22H,2-4,12-15H2,1H3,(H,36,39). The monoisotopic (exact) mass is 630 g/mol. The maximum absolute atomic E-state index is 13.6. The van der Waals surface area contributed by atoms with Gasteiger partial charge in [0.2, 0.25) is 5.88 Å². The smallest absolute Gasteiger partial charge is 0.464 e. The molecule has 2 atom stereocenters. The number of amides is 1. The van der Waals surface area contributed by atoms with Crippen molar-refractivity contribution < 1.29 is 27.4 Å². The number of aromatic nitrogens is 2. The first-order valence-electron chi connectivity index (χ1n) is 12.9. The van der Waals surface area contributed by atoms with Crippen LogP contribution in [0, 0.1) is 0 Å². The molecule has 4 rings (SSSR count). The van der Waals surface area contributed by atoms with Crippen LogP contribution in [0.1, 0.15) is 48.5 Å². The zero-order chi connectivity index (χ0) is 29.6. The lowest BCUT2D eigenvalue weighted by Gasteiger charge is -2.40. The third kappa shape index (κ3) is 8.38. The number of nitrogens with one attached hydrogen (secondary N) is 1. The van der Waals surface area contributed by atoms with Gasteiger partial charge in [0.1, 0.15) is 10.9 Å². The van der Waals surface area contributed by atoms with Gasteiger partial charge in [0.25, 0.3) is 5.91 Å². The van der Waals surface area contributed by atoms with Gasteiger partial charge in [-0.2, -0.15) is 0 Å². The number of hydrogen-bond donors (Lipinski definition) is 1. The third-order valence-corrected chi connectivity index (χ3v) is 7.68. The molecule has 1 fully saturated rings. The highest BCUT2D eigenvalue weighted by Gasteiger charge is 2.41. The molecule has 41 heavy (non-hydrogen) atoms. The van der Waals surface area contributed by atoms with Crippen LogP contribution in [0.15, 0.2) is 54.9 Å². The number of rotatable bonds is 10. The van der Waals surface area contributed by atoms with E-state index in [-0.39, 0.29) is 26.6 Å². The Hall–Kier alpha value is -2.79. The zero-order valence-corrected chi connectivity index (χ0v) is 24.3. The highest BCUT2D eigenvalue weighted by Crippen LogP contribution is 2.35. The molecule has 1 N–H and O–H groups in total. The number of carbonyl (C=O) groups is 1. The maximum atomic E-state index is 13.6.